The van der Waals surface area contributed by atoms with Gasteiger partial charge in [-0.2, -0.15) is 4.98 Å². The Morgan fingerprint density at radius 1 is 1.30 bits per heavy atom. The van der Waals surface area contributed by atoms with Gasteiger partial charge in [0, 0.05) is 16.7 Å². The third kappa shape index (κ3) is 2.51. The van der Waals surface area contributed by atoms with Gasteiger partial charge in [0.15, 0.2) is 5.65 Å². The van der Waals surface area contributed by atoms with E-state index in [1.54, 1.807) is 10.6 Å². The molecule has 0 atom stereocenters. The van der Waals surface area contributed by atoms with Crippen LogP contribution in [0.2, 0.25) is 0 Å². The fraction of sp³-hybridized carbons (Fsp3) is 0.143. The van der Waals surface area contributed by atoms with E-state index in [2.05, 4.69) is 31.3 Å². The molecule has 20 heavy (non-hydrogen) atoms. The molecule has 0 saturated carbocycles. The normalized spacial score (nSPS) is 10.9. The second-order valence-corrected chi connectivity index (χ2v) is 5.32. The van der Waals surface area contributed by atoms with E-state index in [-0.39, 0.29) is 5.82 Å². The summed E-state index contributed by atoms with van der Waals surface area (Å²) in [6, 6.07) is 10.4. The van der Waals surface area contributed by atoms with Crippen molar-refractivity contribution >= 4 is 27.5 Å². The summed E-state index contributed by atoms with van der Waals surface area (Å²) in [6.45, 7) is 2.42. The Kier molecular flexibility index (Phi) is 3.40. The lowest BCUT2D eigenvalue weighted by Crippen LogP contribution is -2.02. The van der Waals surface area contributed by atoms with Crippen molar-refractivity contribution in [3.8, 4) is 0 Å². The molecule has 0 unspecified atom stereocenters. The van der Waals surface area contributed by atoms with E-state index in [1.165, 1.54) is 12.1 Å². The molecule has 0 radical (unpaired) electrons. The third-order valence-electron chi connectivity index (χ3n) is 2.99. The first-order chi connectivity index (χ1) is 9.63. The summed E-state index contributed by atoms with van der Waals surface area (Å²) in [5, 5.41) is 7.47. The Morgan fingerprint density at radius 3 is 2.95 bits per heavy atom. The topological polar surface area (TPSA) is 42.2 Å². The molecule has 0 aliphatic carbocycles. The van der Waals surface area contributed by atoms with E-state index in [0.29, 0.717) is 12.5 Å². The molecule has 1 N–H and O–H groups in total. The van der Waals surface area contributed by atoms with Gasteiger partial charge in [-0.1, -0.05) is 22.0 Å². The van der Waals surface area contributed by atoms with Crippen molar-refractivity contribution in [1.82, 2.24) is 14.6 Å². The Hall–Kier alpha value is -1.95. The highest BCUT2D eigenvalue weighted by Crippen LogP contribution is 2.19. The molecule has 0 aliphatic rings. The molecule has 0 bridgehead atoms. The van der Waals surface area contributed by atoms with Crippen molar-refractivity contribution < 1.29 is 4.39 Å². The third-order valence-corrected chi connectivity index (χ3v) is 3.77. The number of pyridine rings is 1. The zero-order chi connectivity index (χ0) is 14.1. The van der Waals surface area contributed by atoms with Crippen molar-refractivity contribution in [3.05, 3.63) is 57.9 Å². The summed E-state index contributed by atoms with van der Waals surface area (Å²) in [5.74, 6) is 0.263. The van der Waals surface area contributed by atoms with E-state index in [0.717, 1.165) is 21.4 Å². The molecule has 0 fully saturated rings. The van der Waals surface area contributed by atoms with Gasteiger partial charge in [0.1, 0.15) is 5.82 Å². The molecule has 0 amide bonds. The summed E-state index contributed by atoms with van der Waals surface area (Å²) in [5.41, 5.74) is 2.61. The van der Waals surface area contributed by atoms with Gasteiger partial charge in [0.05, 0.1) is 0 Å². The number of fused-ring (bicyclic) bond motifs is 1. The van der Waals surface area contributed by atoms with Crippen LogP contribution in [-0.2, 0) is 6.54 Å². The number of anilines is 1. The predicted molar refractivity (Wildman–Crippen MR) is 79.2 cm³/mol. The van der Waals surface area contributed by atoms with E-state index < -0.39 is 0 Å². The minimum Gasteiger partial charge on any atom is -0.349 e. The van der Waals surface area contributed by atoms with Crippen LogP contribution in [0.15, 0.2) is 40.9 Å². The molecule has 0 saturated heterocycles. The van der Waals surface area contributed by atoms with Gasteiger partial charge >= 0.3 is 0 Å². The minimum atomic E-state index is -0.260. The summed E-state index contributed by atoms with van der Waals surface area (Å²) in [7, 11) is 0. The van der Waals surface area contributed by atoms with Crippen molar-refractivity contribution in [3.63, 3.8) is 0 Å². The first-order valence-electron chi connectivity index (χ1n) is 6.14. The Bertz CT molecular complexity index is 769. The molecule has 3 aromatic rings. The zero-order valence-electron chi connectivity index (χ0n) is 10.8. The predicted octanol–water partition coefficient (Wildman–Crippen LogP) is 3.55. The fourth-order valence-electron chi connectivity index (χ4n) is 1.96. The highest BCUT2D eigenvalue weighted by molar-refractivity contribution is 9.10. The first-order valence-corrected chi connectivity index (χ1v) is 6.93. The van der Waals surface area contributed by atoms with Gasteiger partial charge in [0.25, 0.3) is 0 Å². The lowest BCUT2D eigenvalue weighted by molar-refractivity contribution is 0.625. The van der Waals surface area contributed by atoms with Crippen molar-refractivity contribution in [2.45, 2.75) is 13.5 Å². The number of nitrogens with zero attached hydrogens (tertiary/aromatic N) is 3. The number of halogens is 2. The molecule has 102 valence electrons. The van der Waals surface area contributed by atoms with Gasteiger partial charge in [0.2, 0.25) is 5.95 Å². The van der Waals surface area contributed by atoms with Crippen LogP contribution in [0.4, 0.5) is 10.3 Å². The quantitative estimate of drug-likeness (QED) is 0.796. The van der Waals surface area contributed by atoms with Crippen LogP contribution >= 0.6 is 15.9 Å². The SMILES string of the molecule is Cc1cccc2nc(NCc3cc(F)ccc3Br)nn12. The summed E-state index contributed by atoms with van der Waals surface area (Å²) >= 11 is 3.40. The van der Waals surface area contributed by atoms with Gasteiger partial charge in [-0.15, -0.1) is 5.10 Å². The van der Waals surface area contributed by atoms with Gasteiger partial charge in [-0.05, 0) is 42.8 Å². The average molecular weight is 335 g/mol. The summed E-state index contributed by atoms with van der Waals surface area (Å²) < 4.78 is 15.8. The number of hydrogen-bond acceptors (Lipinski definition) is 3. The minimum absolute atomic E-state index is 0.260. The Morgan fingerprint density at radius 2 is 2.15 bits per heavy atom. The monoisotopic (exact) mass is 334 g/mol. The van der Waals surface area contributed by atoms with Crippen LogP contribution in [-0.4, -0.2) is 14.6 Å². The van der Waals surface area contributed by atoms with Crippen LogP contribution in [0.25, 0.3) is 5.65 Å². The van der Waals surface area contributed by atoms with E-state index in [4.69, 9.17) is 0 Å². The maximum absolute atomic E-state index is 13.2. The highest BCUT2D eigenvalue weighted by atomic mass is 79.9. The van der Waals surface area contributed by atoms with Gasteiger partial charge in [-0.25, -0.2) is 8.91 Å². The molecular formula is C14H12BrFN4. The number of rotatable bonds is 3. The molecule has 3 rings (SSSR count). The van der Waals surface area contributed by atoms with Crippen LogP contribution in [0.5, 0.6) is 0 Å². The Labute approximate surface area is 123 Å². The molecule has 4 nitrogen and oxygen atoms in total. The second-order valence-electron chi connectivity index (χ2n) is 4.46. The number of hydrogen-bond donors (Lipinski definition) is 1. The van der Waals surface area contributed by atoms with Gasteiger partial charge in [-0.3, -0.25) is 0 Å². The van der Waals surface area contributed by atoms with Crippen LogP contribution in [0, 0.1) is 12.7 Å². The molecule has 0 aliphatic heterocycles. The number of benzene rings is 1. The smallest absolute Gasteiger partial charge is 0.243 e. The largest absolute Gasteiger partial charge is 0.349 e. The molecule has 6 heteroatoms. The van der Waals surface area contributed by atoms with Crippen LogP contribution < -0.4 is 5.32 Å². The van der Waals surface area contributed by atoms with E-state index in [1.807, 2.05) is 25.1 Å². The van der Waals surface area contributed by atoms with Crippen molar-refractivity contribution in [1.29, 1.82) is 0 Å². The molecule has 2 aromatic heterocycles. The molecule has 1 aromatic carbocycles. The summed E-state index contributed by atoms with van der Waals surface area (Å²) in [6.07, 6.45) is 0. The number of nitrogens with one attached hydrogen (secondary N) is 1. The summed E-state index contributed by atoms with van der Waals surface area (Å²) in [4.78, 5) is 4.37. The second kappa shape index (κ2) is 5.20. The lowest BCUT2D eigenvalue weighted by Gasteiger charge is -2.04. The van der Waals surface area contributed by atoms with Gasteiger partial charge < -0.3 is 5.32 Å². The Balaban J connectivity index is 1.83. The standard InChI is InChI=1S/C14H12BrFN4/c1-9-3-2-4-13-18-14(19-20(9)13)17-8-10-7-11(16)5-6-12(10)15/h2-7H,8H2,1H3,(H,17,19). The lowest BCUT2D eigenvalue weighted by atomic mass is 10.2. The molecule has 0 spiro atoms. The van der Waals surface area contributed by atoms with E-state index >= 15 is 0 Å². The fourth-order valence-corrected chi connectivity index (χ4v) is 2.35. The van der Waals surface area contributed by atoms with E-state index in [9.17, 15) is 4.39 Å². The van der Waals surface area contributed by atoms with Crippen molar-refractivity contribution in [2.75, 3.05) is 5.32 Å². The number of aromatic nitrogens is 3. The first kappa shape index (κ1) is 13.1. The zero-order valence-corrected chi connectivity index (χ0v) is 12.4. The maximum atomic E-state index is 13.2. The number of aryl methyl sites for hydroxylation is 1. The van der Waals surface area contributed by atoms with Crippen LogP contribution in [0.3, 0.4) is 0 Å². The average Bonchev–Trinajstić information content (AvgIpc) is 2.84. The van der Waals surface area contributed by atoms with Crippen molar-refractivity contribution in [2.24, 2.45) is 0 Å². The highest BCUT2D eigenvalue weighted by Gasteiger charge is 2.06. The molecule has 2 heterocycles. The molecular weight excluding hydrogens is 323 g/mol. The maximum Gasteiger partial charge on any atom is 0.243 e. The van der Waals surface area contributed by atoms with Crippen LogP contribution in [0.1, 0.15) is 11.3 Å².